The standard InChI is InChI=1S/C36H34N6O4S/c43-22-26(21-24-11-3-1-4-12-24)42-32-35(46)39(23-41-28-16-8-7-15-27(28)37-38-41)19-10-18-36(32)31(34(42)45)30-29(47-36)17-9-20-40(33(30)44)25-13-5-2-6-14-25/h1-18,26,29-32,43H,19-23H2/t26-,29+,30-,31+,32?,36+/m1/s1. The number of nitrogens with zero attached hydrogens (tertiary/aromatic N) is 6. The van der Waals surface area contributed by atoms with Crippen LogP contribution < -0.4 is 4.90 Å². The first-order valence-corrected chi connectivity index (χ1v) is 16.8. The van der Waals surface area contributed by atoms with Crippen molar-refractivity contribution in [2.75, 3.05) is 24.6 Å². The summed E-state index contributed by atoms with van der Waals surface area (Å²) in [5.41, 5.74) is 3.24. The van der Waals surface area contributed by atoms with Gasteiger partial charge in [-0.15, -0.1) is 16.9 Å². The number of anilines is 1. The fourth-order valence-corrected chi connectivity index (χ4v) is 9.80. The summed E-state index contributed by atoms with van der Waals surface area (Å²) in [5, 5.41) is 19.1. The molecule has 10 nitrogen and oxygen atoms in total. The topological polar surface area (TPSA) is 112 Å². The first-order valence-electron chi connectivity index (χ1n) is 15.9. The number of hydrogen-bond acceptors (Lipinski definition) is 7. The average molecular weight is 647 g/mol. The molecule has 0 saturated carbocycles. The van der Waals surface area contributed by atoms with Crippen molar-refractivity contribution in [3.8, 4) is 0 Å². The molecule has 6 atom stereocenters. The van der Waals surface area contributed by atoms with Crippen molar-refractivity contribution in [1.82, 2.24) is 24.8 Å². The molecule has 0 aliphatic carbocycles. The maximum absolute atomic E-state index is 14.9. The van der Waals surface area contributed by atoms with Gasteiger partial charge in [0.25, 0.3) is 0 Å². The molecule has 4 aromatic rings. The Labute approximate surface area is 276 Å². The van der Waals surface area contributed by atoms with E-state index in [2.05, 4.69) is 10.3 Å². The monoisotopic (exact) mass is 646 g/mol. The summed E-state index contributed by atoms with van der Waals surface area (Å²) in [7, 11) is 0. The van der Waals surface area contributed by atoms with Gasteiger partial charge in [0.1, 0.15) is 18.2 Å². The Morgan fingerprint density at radius 1 is 0.872 bits per heavy atom. The maximum Gasteiger partial charge on any atom is 0.248 e. The molecule has 47 heavy (non-hydrogen) atoms. The molecule has 3 amide bonds. The van der Waals surface area contributed by atoms with Gasteiger partial charge in [-0.3, -0.25) is 14.4 Å². The number of rotatable bonds is 7. The molecule has 4 aliphatic rings. The summed E-state index contributed by atoms with van der Waals surface area (Å²) in [4.78, 5) is 49.4. The van der Waals surface area contributed by atoms with E-state index in [4.69, 9.17) is 0 Å². The van der Waals surface area contributed by atoms with Crippen LogP contribution >= 0.6 is 11.8 Å². The first-order chi connectivity index (χ1) is 23.0. The lowest BCUT2D eigenvalue weighted by atomic mass is 9.78. The van der Waals surface area contributed by atoms with Gasteiger partial charge in [-0.1, -0.05) is 90.2 Å². The van der Waals surface area contributed by atoms with E-state index in [1.54, 1.807) is 19.4 Å². The van der Waals surface area contributed by atoms with E-state index in [1.165, 1.54) is 11.8 Å². The fraction of sp³-hybridized carbons (Fsp3) is 0.306. The zero-order valence-electron chi connectivity index (χ0n) is 25.6. The number of thioether (sulfide) groups is 1. The predicted octanol–water partition coefficient (Wildman–Crippen LogP) is 3.29. The lowest BCUT2D eigenvalue weighted by Gasteiger charge is -2.38. The first kappa shape index (κ1) is 29.6. The third-order valence-electron chi connectivity index (χ3n) is 9.89. The highest BCUT2D eigenvalue weighted by Crippen LogP contribution is 2.61. The Bertz CT molecular complexity index is 1900. The molecule has 4 aliphatic heterocycles. The second-order valence-corrected chi connectivity index (χ2v) is 14.0. The van der Waals surface area contributed by atoms with Gasteiger partial charge in [-0.2, -0.15) is 0 Å². The fourth-order valence-electron chi connectivity index (χ4n) is 7.80. The molecule has 238 valence electrons. The maximum atomic E-state index is 14.9. The normalized spacial score (nSPS) is 27.5. The van der Waals surface area contributed by atoms with Crippen LogP contribution in [0.3, 0.4) is 0 Å². The Hall–Kier alpha value is -4.74. The molecule has 3 aromatic carbocycles. The zero-order chi connectivity index (χ0) is 32.1. The number of carbonyl (C=O) groups excluding carboxylic acids is 3. The van der Waals surface area contributed by atoms with Crippen LogP contribution in [0.15, 0.2) is 109 Å². The Balaban J connectivity index is 1.21. The molecule has 0 radical (unpaired) electrons. The quantitative estimate of drug-likeness (QED) is 0.307. The van der Waals surface area contributed by atoms with Crippen molar-refractivity contribution in [1.29, 1.82) is 0 Å². The molecule has 8 rings (SSSR count). The predicted molar refractivity (Wildman–Crippen MR) is 179 cm³/mol. The summed E-state index contributed by atoms with van der Waals surface area (Å²) in [6.07, 6.45) is 8.35. The molecular formula is C36H34N6O4S. The molecule has 2 saturated heterocycles. The Morgan fingerprint density at radius 2 is 1.62 bits per heavy atom. The summed E-state index contributed by atoms with van der Waals surface area (Å²) in [6.45, 7) is 0.522. The van der Waals surface area contributed by atoms with E-state index >= 15 is 0 Å². The van der Waals surface area contributed by atoms with Crippen LogP contribution in [-0.4, -0.2) is 89.4 Å². The van der Waals surface area contributed by atoms with E-state index in [-0.39, 0.29) is 36.2 Å². The highest BCUT2D eigenvalue weighted by atomic mass is 32.2. The zero-order valence-corrected chi connectivity index (χ0v) is 26.4. The van der Waals surface area contributed by atoms with Crippen molar-refractivity contribution in [2.45, 2.75) is 35.2 Å². The van der Waals surface area contributed by atoms with Crippen molar-refractivity contribution >= 4 is 46.2 Å². The molecule has 1 spiro atoms. The van der Waals surface area contributed by atoms with Gasteiger partial charge >= 0.3 is 0 Å². The molecule has 1 unspecified atom stereocenters. The molecule has 11 heteroatoms. The summed E-state index contributed by atoms with van der Waals surface area (Å²) < 4.78 is 0.688. The number of aromatic nitrogens is 3. The molecule has 2 fully saturated rings. The van der Waals surface area contributed by atoms with Crippen LogP contribution in [0.1, 0.15) is 5.56 Å². The largest absolute Gasteiger partial charge is 0.394 e. The second kappa shape index (κ2) is 11.8. The highest BCUT2D eigenvalue weighted by molar-refractivity contribution is 8.02. The minimum absolute atomic E-state index is 0.130. The lowest BCUT2D eigenvalue weighted by molar-refractivity contribution is -0.146. The van der Waals surface area contributed by atoms with Gasteiger partial charge in [-0.25, -0.2) is 4.68 Å². The summed E-state index contributed by atoms with van der Waals surface area (Å²) in [6, 6.07) is 25.2. The van der Waals surface area contributed by atoms with Crippen molar-refractivity contribution < 1.29 is 19.5 Å². The smallest absolute Gasteiger partial charge is 0.248 e. The third-order valence-corrected chi connectivity index (χ3v) is 11.6. The van der Waals surface area contributed by atoms with E-state index in [9.17, 15) is 19.5 Å². The van der Waals surface area contributed by atoms with E-state index in [1.807, 2.05) is 109 Å². The average Bonchev–Trinajstić information content (AvgIpc) is 3.66. The van der Waals surface area contributed by atoms with Gasteiger partial charge in [0, 0.05) is 24.0 Å². The van der Waals surface area contributed by atoms with Crippen LogP contribution in [0, 0.1) is 11.8 Å². The molecule has 5 heterocycles. The van der Waals surface area contributed by atoms with Crippen LogP contribution in [0.2, 0.25) is 0 Å². The minimum atomic E-state index is -1.01. The van der Waals surface area contributed by atoms with Crippen LogP contribution in [0.4, 0.5) is 5.69 Å². The minimum Gasteiger partial charge on any atom is -0.394 e. The summed E-state index contributed by atoms with van der Waals surface area (Å²) >= 11 is 1.53. The lowest BCUT2D eigenvalue weighted by Crippen LogP contribution is -2.57. The van der Waals surface area contributed by atoms with Gasteiger partial charge in [0.05, 0.1) is 34.7 Å². The number of aliphatic hydroxyl groups excluding tert-OH is 1. The number of hydrogen-bond donors (Lipinski definition) is 1. The van der Waals surface area contributed by atoms with Gasteiger partial charge in [0.15, 0.2) is 0 Å². The molecular weight excluding hydrogens is 613 g/mol. The highest BCUT2D eigenvalue weighted by Gasteiger charge is 2.71. The van der Waals surface area contributed by atoms with Crippen molar-refractivity contribution in [3.63, 3.8) is 0 Å². The third kappa shape index (κ3) is 4.79. The number of benzene rings is 3. The van der Waals surface area contributed by atoms with Gasteiger partial charge in [-0.05, 0) is 36.2 Å². The van der Waals surface area contributed by atoms with Gasteiger partial charge in [0.2, 0.25) is 17.7 Å². The molecule has 0 bridgehead atoms. The number of amides is 3. The Morgan fingerprint density at radius 3 is 2.40 bits per heavy atom. The SMILES string of the molecule is O=C1C2N([C@@H](CO)Cc3ccccc3)C(=O)[C@@H]3[C@@H]4C(=O)N(c5ccccc5)CC=C[C@@H]4S[C@]23C=CCN1Cn1nnc2ccccc21. The number of para-hydroxylation sites is 2. The van der Waals surface area contributed by atoms with Crippen LogP contribution in [0.25, 0.3) is 11.0 Å². The van der Waals surface area contributed by atoms with Crippen LogP contribution in [-0.2, 0) is 27.5 Å². The summed E-state index contributed by atoms with van der Waals surface area (Å²) in [5.74, 6) is -2.11. The van der Waals surface area contributed by atoms with E-state index in [0.717, 1.165) is 22.3 Å². The van der Waals surface area contributed by atoms with Gasteiger partial charge < -0.3 is 19.8 Å². The molecule has 1 aromatic heterocycles. The second-order valence-electron chi connectivity index (χ2n) is 12.5. The Kier molecular flexibility index (Phi) is 7.45. The van der Waals surface area contributed by atoms with Crippen molar-refractivity contribution in [2.24, 2.45) is 11.8 Å². The van der Waals surface area contributed by atoms with E-state index in [0.29, 0.717) is 19.5 Å². The number of fused-ring (bicyclic) bond motifs is 3. The molecule has 1 N–H and O–H groups in total. The van der Waals surface area contributed by atoms with Crippen LogP contribution in [0.5, 0.6) is 0 Å². The number of likely N-dealkylation sites (tertiary alicyclic amines) is 1. The number of carbonyl (C=O) groups is 3. The number of aliphatic hydroxyl groups is 1. The van der Waals surface area contributed by atoms with E-state index < -0.39 is 28.7 Å². The van der Waals surface area contributed by atoms with Crippen molar-refractivity contribution in [3.05, 3.63) is 115 Å².